The molecule has 0 heterocycles. The van der Waals surface area contributed by atoms with E-state index in [1.165, 1.54) is 19.3 Å². The van der Waals surface area contributed by atoms with Gasteiger partial charge in [-0.05, 0) is 6.42 Å². The molecule has 0 aliphatic rings. The van der Waals surface area contributed by atoms with Crippen LogP contribution in [-0.2, 0) is 15.5 Å². The molecule has 1 N–H and O–H groups in total. The summed E-state index contributed by atoms with van der Waals surface area (Å²) < 4.78 is 22.6. The fraction of sp³-hybridized carbons (Fsp3) is 1.00. The van der Waals surface area contributed by atoms with Crippen molar-refractivity contribution in [2.45, 2.75) is 39.0 Å². The highest BCUT2D eigenvalue weighted by Gasteiger charge is 1.92. The van der Waals surface area contributed by atoms with E-state index in [-0.39, 0.29) is 0 Å². The van der Waals surface area contributed by atoms with Gasteiger partial charge in [0.25, 0.3) is 0 Å². The highest BCUT2D eigenvalue weighted by Crippen LogP contribution is 2.02. The second-order valence-corrected chi connectivity index (χ2v) is 3.12. The third kappa shape index (κ3) is 10.1. The third-order valence-electron chi connectivity index (χ3n) is 1.43. The Bertz CT molecular complexity index is 106. The number of hydrogen-bond donors (Lipinski definition) is 1. The Hall–Kier alpha value is 0.0700. The summed E-state index contributed by atoms with van der Waals surface area (Å²) in [6.07, 6.45) is 5.62. The monoisotopic (exact) mass is 180 g/mol. The molecule has 0 saturated heterocycles. The first kappa shape index (κ1) is 11.1. The van der Waals surface area contributed by atoms with Gasteiger partial charge in [0, 0.05) is 0 Å². The highest BCUT2D eigenvalue weighted by atomic mass is 32.2. The molecule has 0 aliphatic carbocycles. The van der Waals surface area contributed by atoms with Crippen LogP contribution in [0.2, 0.25) is 0 Å². The van der Waals surface area contributed by atoms with Crippen molar-refractivity contribution in [1.82, 2.24) is 0 Å². The van der Waals surface area contributed by atoms with Gasteiger partial charge in [0.1, 0.15) is 0 Å². The molecule has 68 valence electrons. The maximum atomic E-state index is 9.98. The van der Waals surface area contributed by atoms with E-state index in [9.17, 15) is 4.21 Å². The summed E-state index contributed by atoms with van der Waals surface area (Å²) in [5, 5.41) is 0. The Morgan fingerprint density at radius 3 is 2.45 bits per heavy atom. The van der Waals surface area contributed by atoms with E-state index < -0.39 is 11.4 Å². The van der Waals surface area contributed by atoms with Crippen LogP contribution in [0.1, 0.15) is 39.0 Å². The third-order valence-corrected chi connectivity index (χ3v) is 1.80. The van der Waals surface area contributed by atoms with E-state index in [0.29, 0.717) is 6.61 Å². The SMILES string of the molecule is CCCCCCCOS(=O)O. The van der Waals surface area contributed by atoms with Gasteiger partial charge < -0.3 is 0 Å². The van der Waals surface area contributed by atoms with E-state index in [1.54, 1.807) is 0 Å². The quantitative estimate of drug-likeness (QED) is 0.482. The van der Waals surface area contributed by atoms with Gasteiger partial charge in [-0.25, -0.2) is 0 Å². The molecule has 3 nitrogen and oxygen atoms in total. The fourth-order valence-corrected chi connectivity index (χ4v) is 1.10. The molecular formula is C7H16O3S. The number of rotatable bonds is 7. The molecule has 0 spiro atoms. The normalized spacial score (nSPS) is 13.3. The Labute approximate surface area is 70.6 Å². The van der Waals surface area contributed by atoms with Crippen LogP contribution in [0.5, 0.6) is 0 Å². The van der Waals surface area contributed by atoms with Crippen molar-refractivity contribution in [2.75, 3.05) is 6.61 Å². The van der Waals surface area contributed by atoms with Gasteiger partial charge in [-0.1, -0.05) is 32.6 Å². The van der Waals surface area contributed by atoms with Gasteiger partial charge in [-0.3, -0.25) is 8.74 Å². The van der Waals surface area contributed by atoms with Gasteiger partial charge in [0.2, 0.25) is 0 Å². The van der Waals surface area contributed by atoms with E-state index in [1.807, 2.05) is 0 Å². The van der Waals surface area contributed by atoms with Crippen molar-refractivity contribution in [2.24, 2.45) is 0 Å². The highest BCUT2D eigenvalue weighted by molar-refractivity contribution is 7.74. The Kier molecular flexibility index (Phi) is 8.22. The lowest BCUT2D eigenvalue weighted by Gasteiger charge is -1.98. The molecule has 0 saturated carbocycles. The summed E-state index contributed by atoms with van der Waals surface area (Å²) >= 11 is -2.07. The maximum absolute atomic E-state index is 9.98. The van der Waals surface area contributed by atoms with Crippen molar-refractivity contribution in [3.63, 3.8) is 0 Å². The van der Waals surface area contributed by atoms with Gasteiger partial charge >= 0.3 is 11.4 Å². The summed E-state index contributed by atoms with van der Waals surface area (Å²) in [6.45, 7) is 2.55. The lowest BCUT2D eigenvalue weighted by atomic mass is 10.2. The van der Waals surface area contributed by atoms with Crippen LogP contribution in [0.4, 0.5) is 0 Å². The van der Waals surface area contributed by atoms with Crippen LogP contribution < -0.4 is 0 Å². The number of hydrogen-bond acceptors (Lipinski definition) is 2. The van der Waals surface area contributed by atoms with Gasteiger partial charge in [0.05, 0.1) is 6.61 Å². The summed E-state index contributed by atoms with van der Waals surface area (Å²) in [6, 6.07) is 0. The fourth-order valence-electron chi connectivity index (χ4n) is 0.836. The Morgan fingerprint density at radius 2 is 1.91 bits per heavy atom. The number of unbranched alkanes of at least 4 members (excludes halogenated alkanes) is 4. The molecule has 4 heteroatoms. The first-order valence-electron chi connectivity index (χ1n) is 4.01. The standard InChI is InChI=1S/C7H16O3S/c1-2-3-4-5-6-7-10-11(8)9/h2-7H2,1H3,(H,8,9). The summed E-state index contributed by atoms with van der Waals surface area (Å²) in [5.74, 6) is 0. The molecule has 11 heavy (non-hydrogen) atoms. The lowest BCUT2D eigenvalue weighted by molar-refractivity contribution is 0.296. The Balaban J connectivity index is 2.85. The van der Waals surface area contributed by atoms with Crippen molar-refractivity contribution in [3.8, 4) is 0 Å². The molecule has 0 radical (unpaired) electrons. The second-order valence-electron chi connectivity index (χ2n) is 2.45. The van der Waals surface area contributed by atoms with E-state index in [4.69, 9.17) is 4.55 Å². The van der Waals surface area contributed by atoms with Gasteiger partial charge in [0.15, 0.2) is 0 Å². The second kappa shape index (κ2) is 8.17. The van der Waals surface area contributed by atoms with Crippen molar-refractivity contribution in [1.29, 1.82) is 0 Å². The van der Waals surface area contributed by atoms with Crippen molar-refractivity contribution < 1.29 is 12.9 Å². The van der Waals surface area contributed by atoms with Crippen LogP contribution in [0, 0.1) is 0 Å². The van der Waals surface area contributed by atoms with Crippen LogP contribution >= 0.6 is 0 Å². The predicted molar refractivity (Wildman–Crippen MR) is 45.5 cm³/mol. The minimum Gasteiger partial charge on any atom is -0.284 e. The van der Waals surface area contributed by atoms with Gasteiger partial charge in [-0.2, -0.15) is 4.21 Å². The molecule has 0 fully saturated rings. The van der Waals surface area contributed by atoms with Crippen LogP contribution in [0.25, 0.3) is 0 Å². The Morgan fingerprint density at radius 1 is 1.27 bits per heavy atom. The van der Waals surface area contributed by atoms with E-state index >= 15 is 0 Å². The molecule has 1 atom stereocenters. The average Bonchev–Trinajstić information content (AvgIpc) is 1.96. The van der Waals surface area contributed by atoms with E-state index in [2.05, 4.69) is 11.1 Å². The smallest absolute Gasteiger partial charge is 0.284 e. The topological polar surface area (TPSA) is 46.5 Å². The first-order valence-corrected chi connectivity index (χ1v) is 5.04. The summed E-state index contributed by atoms with van der Waals surface area (Å²) in [5.41, 5.74) is 0. The average molecular weight is 180 g/mol. The zero-order chi connectivity index (χ0) is 8.53. The summed E-state index contributed by atoms with van der Waals surface area (Å²) in [7, 11) is 0. The molecule has 1 unspecified atom stereocenters. The van der Waals surface area contributed by atoms with Crippen LogP contribution in [0.3, 0.4) is 0 Å². The molecule has 0 aromatic carbocycles. The van der Waals surface area contributed by atoms with Crippen LogP contribution in [0.15, 0.2) is 0 Å². The minimum absolute atomic E-state index is 0.396. The summed E-state index contributed by atoms with van der Waals surface area (Å²) in [4.78, 5) is 0. The lowest BCUT2D eigenvalue weighted by Crippen LogP contribution is -1.96. The minimum atomic E-state index is -2.07. The maximum Gasteiger partial charge on any atom is 0.301 e. The molecule has 0 amide bonds. The largest absolute Gasteiger partial charge is 0.301 e. The molecule has 0 aromatic heterocycles. The zero-order valence-electron chi connectivity index (χ0n) is 6.91. The first-order chi connectivity index (χ1) is 5.27. The molecule has 0 aromatic rings. The molecule has 0 aliphatic heterocycles. The molecular weight excluding hydrogens is 164 g/mol. The van der Waals surface area contributed by atoms with Crippen LogP contribution in [-0.4, -0.2) is 15.4 Å². The molecule has 0 rings (SSSR count). The van der Waals surface area contributed by atoms with Gasteiger partial charge in [-0.15, -0.1) is 0 Å². The van der Waals surface area contributed by atoms with Crippen molar-refractivity contribution in [3.05, 3.63) is 0 Å². The van der Waals surface area contributed by atoms with Crippen molar-refractivity contribution >= 4 is 11.4 Å². The molecule has 0 bridgehead atoms. The predicted octanol–water partition coefficient (Wildman–Crippen LogP) is 2.11. The van der Waals surface area contributed by atoms with E-state index in [0.717, 1.165) is 12.8 Å². The zero-order valence-corrected chi connectivity index (χ0v) is 7.73.